The van der Waals surface area contributed by atoms with Gasteiger partial charge in [0.2, 0.25) is 5.09 Å². The second kappa shape index (κ2) is 6.86. The molecule has 0 saturated carbocycles. The number of hydrogen-bond acceptors (Lipinski definition) is 5. The van der Waals surface area contributed by atoms with E-state index in [1.807, 2.05) is 16.8 Å². The molecule has 1 amide bonds. The summed E-state index contributed by atoms with van der Waals surface area (Å²) in [4.78, 5) is 12.0. The second-order valence-electron chi connectivity index (χ2n) is 5.40. The topological polar surface area (TPSA) is 79.6 Å². The van der Waals surface area contributed by atoms with Crippen molar-refractivity contribution in [3.05, 3.63) is 40.3 Å². The van der Waals surface area contributed by atoms with Crippen LogP contribution in [-0.4, -0.2) is 31.7 Å². The lowest BCUT2D eigenvalue weighted by molar-refractivity contribution is 0.0917. The summed E-state index contributed by atoms with van der Waals surface area (Å²) >= 11 is 1.55. The number of thiophene rings is 1. The van der Waals surface area contributed by atoms with Gasteiger partial charge in [-0.15, -0.1) is 0 Å². The molecular formula is C15H18N2O4S2. The molecule has 2 aromatic rings. The number of nitrogens with zero attached hydrogens (tertiary/aromatic N) is 1. The Kier molecular flexibility index (Phi) is 4.84. The van der Waals surface area contributed by atoms with E-state index >= 15 is 0 Å². The summed E-state index contributed by atoms with van der Waals surface area (Å²) in [6.45, 7) is 1.39. The molecule has 2 aromatic heterocycles. The summed E-state index contributed by atoms with van der Waals surface area (Å²) < 4.78 is 31.7. The Morgan fingerprint density at radius 2 is 2.00 bits per heavy atom. The average molecular weight is 354 g/mol. The van der Waals surface area contributed by atoms with E-state index in [9.17, 15) is 13.2 Å². The summed E-state index contributed by atoms with van der Waals surface area (Å²) in [5.74, 6) is -0.410. The van der Waals surface area contributed by atoms with Crippen molar-refractivity contribution in [2.75, 3.05) is 13.1 Å². The van der Waals surface area contributed by atoms with Gasteiger partial charge in [0.15, 0.2) is 5.76 Å². The number of carbonyl (C=O) groups is 1. The van der Waals surface area contributed by atoms with Gasteiger partial charge >= 0.3 is 0 Å². The van der Waals surface area contributed by atoms with Gasteiger partial charge in [0.05, 0.1) is 0 Å². The molecule has 0 radical (unpaired) electrons. The summed E-state index contributed by atoms with van der Waals surface area (Å²) in [7, 11) is -3.64. The van der Waals surface area contributed by atoms with Crippen LogP contribution in [0.1, 0.15) is 35.4 Å². The molecule has 1 N–H and O–H groups in total. The number of amides is 1. The van der Waals surface area contributed by atoms with Crippen LogP contribution in [0.5, 0.6) is 0 Å². The molecule has 124 valence electrons. The quantitative estimate of drug-likeness (QED) is 0.894. The second-order valence-corrected chi connectivity index (χ2v) is 8.05. The molecule has 0 unspecified atom stereocenters. The Labute approximate surface area is 139 Å². The molecule has 3 heterocycles. The van der Waals surface area contributed by atoms with Crippen LogP contribution in [0.25, 0.3) is 0 Å². The minimum atomic E-state index is -3.64. The standard InChI is InChI=1S/C15H18N2O4S2/c18-15(16-10-12-6-9-22-11-12)13-4-5-14(21-13)23(19,20)17-7-2-1-3-8-17/h4-6,9,11H,1-3,7-8,10H2,(H,16,18). The molecule has 6 nitrogen and oxygen atoms in total. The Hall–Kier alpha value is -1.64. The monoisotopic (exact) mass is 354 g/mol. The molecule has 1 saturated heterocycles. The Morgan fingerprint density at radius 3 is 2.70 bits per heavy atom. The van der Waals surface area contributed by atoms with Crippen LogP contribution in [0.3, 0.4) is 0 Å². The Morgan fingerprint density at radius 1 is 1.22 bits per heavy atom. The molecule has 1 aliphatic heterocycles. The van der Waals surface area contributed by atoms with Gasteiger partial charge in [0, 0.05) is 19.6 Å². The lowest BCUT2D eigenvalue weighted by Gasteiger charge is -2.24. The predicted octanol–water partition coefficient (Wildman–Crippen LogP) is 2.45. The zero-order valence-electron chi connectivity index (χ0n) is 12.5. The first-order valence-electron chi connectivity index (χ1n) is 7.46. The largest absolute Gasteiger partial charge is 0.438 e. The van der Waals surface area contributed by atoms with Crippen LogP contribution in [0.2, 0.25) is 0 Å². The molecular weight excluding hydrogens is 336 g/mol. The maximum atomic E-state index is 12.5. The fraction of sp³-hybridized carbons (Fsp3) is 0.400. The van der Waals surface area contributed by atoms with Crippen molar-refractivity contribution in [3.63, 3.8) is 0 Å². The molecule has 0 bridgehead atoms. The normalized spacial score (nSPS) is 16.3. The molecule has 23 heavy (non-hydrogen) atoms. The van der Waals surface area contributed by atoms with Crippen molar-refractivity contribution in [2.24, 2.45) is 0 Å². The number of hydrogen-bond donors (Lipinski definition) is 1. The maximum Gasteiger partial charge on any atom is 0.287 e. The van der Waals surface area contributed by atoms with Crippen molar-refractivity contribution in [3.8, 4) is 0 Å². The van der Waals surface area contributed by atoms with Crippen molar-refractivity contribution in [1.82, 2.24) is 9.62 Å². The van der Waals surface area contributed by atoms with E-state index in [1.54, 1.807) is 11.3 Å². The zero-order valence-corrected chi connectivity index (χ0v) is 14.2. The molecule has 0 aliphatic carbocycles. The fourth-order valence-corrected chi connectivity index (χ4v) is 4.57. The van der Waals surface area contributed by atoms with Crippen LogP contribution in [-0.2, 0) is 16.6 Å². The van der Waals surface area contributed by atoms with Gasteiger partial charge in [-0.25, -0.2) is 8.42 Å². The van der Waals surface area contributed by atoms with Gasteiger partial charge < -0.3 is 9.73 Å². The lowest BCUT2D eigenvalue weighted by atomic mass is 10.2. The predicted molar refractivity (Wildman–Crippen MR) is 86.8 cm³/mol. The van der Waals surface area contributed by atoms with Crippen molar-refractivity contribution < 1.29 is 17.6 Å². The molecule has 0 aromatic carbocycles. The van der Waals surface area contributed by atoms with Gasteiger partial charge in [-0.3, -0.25) is 4.79 Å². The van der Waals surface area contributed by atoms with E-state index in [0.29, 0.717) is 19.6 Å². The highest BCUT2D eigenvalue weighted by Gasteiger charge is 2.29. The summed E-state index contributed by atoms with van der Waals surface area (Å²) in [5, 5.41) is 6.41. The number of piperidine rings is 1. The van der Waals surface area contributed by atoms with E-state index in [2.05, 4.69) is 5.32 Å². The van der Waals surface area contributed by atoms with Crippen molar-refractivity contribution in [1.29, 1.82) is 0 Å². The number of carbonyl (C=O) groups excluding carboxylic acids is 1. The Balaban J connectivity index is 1.68. The Bertz CT molecular complexity index is 759. The number of furan rings is 1. The van der Waals surface area contributed by atoms with Crippen LogP contribution < -0.4 is 5.32 Å². The smallest absolute Gasteiger partial charge is 0.287 e. The van der Waals surface area contributed by atoms with Gasteiger partial charge in [-0.2, -0.15) is 15.6 Å². The van der Waals surface area contributed by atoms with Crippen molar-refractivity contribution >= 4 is 27.3 Å². The SMILES string of the molecule is O=C(NCc1ccsc1)c1ccc(S(=O)(=O)N2CCCCC2)o1. The van der Waals surface area contributed by atoms with E-state index in [1.165, 1.54) is 16.4 Å². The number of sulfonamides is 1. The third kappa shape index (κ3) is 3.65. The first-order chi connectivity index (χ1) is 11.1. The summed E-state index contributed by atoms with van der Waals surface area (Å²) in [6, 6.07) is 4.67. The van der Waals surface area contributed by atoms with Crippen molar-refractivity contribution in [2.45, 2.75) is 30.9 Å². The molecule has 0 atom stereocenters. The molecule has 3 rings (SSSR count). The minimum Gasteiger partial charge on any atom is -0.438 e. The number of nitrogens with one attached hydrogen (secondary N) is 1. The highest BCUT2D eigenvalue weighted by atomic mass is 32.2. The fourth-order valence-electron chi connectivity index (χ4n) is 2.48. The average Bonchev–Trinajstić information content (AvgIpc) is 3.25. The molecule has 1 fully saturated rings. The molecule has 8 heteroatoms. The maximum absolute atomic E-state index is 12.5. The molecule has 0 spiro atoms. The van der Waals surface area contributed by atoms with E-state index < -0.39 is 15.9 Å². The van der Waals surface area contributed by atoms with Crippen LogP contribution in [0, 0.1) is 0 Å². The van der Waals surface area contributed by atoms with E-state index in [0.717, 1.165) is 24.8 Å². The van der Waals surface area contributed by atoms with Gasteiger partial charge in [-0.1, -0.05) is 6.42 Å². The van der Waals surface area contributed by atoms with E-state index in [4.69, 9.17) is 4.42 Å². The van der Waals surface area contributed by atoms with Gasteiger partial charge in [0.1, 0.15) is 0 Å². The molecule has 1 aliphatic rings. The number of rotatable bonds is 5. The summed E-state index contributed by atoms with van der Waals surface area (Å²) in [5.41, 5.74) is 0.996. The summed E-state index contributed by atoms with van der Waals surface area (Å²) in [6.07, 6.45) is 2.75. The van der Waals surface area contributed by atoms with Crippen LogP contribution >= 0.6 is 11.3 Å². The van der Waals surface area contributed by atoms with Crippen LogP contribution in [0.15, 0.2) is 38.5 Å². The third-order valence-electron chi connectivity index (χ3n) is 3.75. The first kappa shape index (κ1) is 16.2. The lowest BCUT2D eigenvalue weighted by Crippen LogP contribution is -2.35. The van der Waals surface area contributed by atoms with Crippen LogP contribution in [0.4, 0.5) is 0 Å². The van der Waals surface area contributed by atoms with Gasteiger partial charge in [0.25, 0.3) is 15.9 Å². The van der Waals surface area contributed by atoms with Gasteiger partial charge in [-0.05, 0) is 47.4 Å². The first-order valence-corrected chi connectivity index (χ1v) is 9.85. The highest BCUT2D eigenvalue weighted by molar-refractivity contribution is 7.89. The highest BCUT2D eigenvalue weighted by Crippen LogP contribution is 2.22. The third-order valence-corrected chi connectivity index (χ3v) is 6.25. The minimum absolute atomic E-state index is 0.0100. The zero-order chi connectivity index (χ0) is 16.3. The van der Waals surface area contributed by atoms with E-state index in [-0.39, 0.29) is 10.9 Å².